The summed E-state index contributed by atoms with van der Waals surface area (Å²) < 4.78 is 17.4. The van der Waals surface area contributed by atoms with Crippen molar-refractivity contribution in [3.05, 3.63) is 71.8 Å². The lowest BCUT2D eigenvalue weighted by Crippen LogP contribution is -1.91. The molecule has 0 N–H and O–H groups in total. The maximum Gasteiger partial charge on any atom is 0.147 e. The molecule has 1 heterocycles. The first-order chi connectivity index (χ1) is 9.31. The minimum atomic E-state index is -0.226. The smallest absolute Gasteiger partial charge is 0.147 e. The van der Waals surface area contributed by atoms with Gasteiger partial charge in [-0.15, -0.1) is 0 Å². The minimum Gasteiger partial charge on any atom is -0.219 e. The van der Waals surface area contributed by atoms with Gasteiger partial charge < -0.3 is 0 Å². The minimum absolute atomic E-state index is 0.226. The lowest BCUT2D eigenvalue weighted by atomic mass is 10.1. The highest BCUT2D eigenvalue weighted by Gasteiger charge is 2.07. The van der Waals surface area contributed by atoms with E-state index < -0.39 is 0 Å². The number of halogens is 1. The van der Waals surface area contributed by atoms with E-state index in [1.807, 2.05) is 36.4 Å². The van der Waals surface area contributed by atoms with E-state index in [9.17, 15) is 4.39 Å². The quantitative estimate of drug-likeness (QED) is 0.720. The molecule has 0 aliphatic heterocycles. The summed E-state index contributed by atoms with van der Waals surface area (Å²) in [6, 6.07) is 16.5. The van der Waals surface area contributed by atoms with Crippen LogP contribution in [0.2, 0.25) is 0 Å². The highest BCUT2D eigenvalue weighted by molar-refractivity contribution is 7.09. The monoisotopic (exact) mass is 270 g/mol. The van der Waals surface area contributed by atoms with E-state index in [4.69, 9.17) is 0 Å². The Morgan fingerprint density at radius 2 is 1.84 bits per heavy atom. The van der Waals surface area contributed by atoms with E-state index in [0.717, 1.165) is 22.0 Å². The second kappa shape index (κ2) is 5.28. The molecule has 19 heavy (non-hydrogen) atoms. The molecule has 94 valence electrons. The van der Waals surface area contributed by atoms with Crippen LogP contribution in [0.3, 0.4) is 0 Å². The van der Waals surface area contributed by atoms with Crippen molar-refractivity contribution in [3.63, 3.8) is 0 Å². The summed E-state index contributed by atoms with van der Waals surface area (Å²) in [7, 11) is 0. The number of hydrogen-bond acceptors (Lipinski definition) is 3. The van der Waals surface area contributed by atoms with Crippen LogP contribution in [0.1, 0.15) is 11.4 Å². The molecule has 2 aromatic carbocycles. The number of nitrogens with zero attached hydrogens (tertiary/aromatic N) is 2. The molecule has 0 aliphatic rings. The molecule has 1 aromatic heterocycles. The molecule has 0 saturated carbocycles. The summed E-state index contributed by atoms with van der Waals surface area (Å²) in [4.78, 5) is 4.49. The first-order valence-corrected chi connectivity index (χ1v) is 6.71. The topological polar surface area (TPSA) is 25.8 Å². The van der Waals surface area contributed by atoms with Gasteiger partial charge in [0.05, 0.1) is 0 Å². The zero-order valence-electron chi connectivity index (χ0n) is 10.1. The standard InChI is InChI=1S/C15H11FN2S/c16-13-8-4-5-11(9-13)10-14-17-15(19-18-14)12-6-2-1-3-7-12/h1-9H,10H2. The molecule has 0 aliphatic carbocycles. The Balaban J connectivity index is 1.82. The van der Waals surface area contributed by atoms with E-state index >= 15 is 0 Å². The van der Waals surface area contributed by atoms with Gasteiger partial charge in [0, 0.05) is 12.0 Å². The van der Waals surface area contributed by atoms with Crippen LogP contribution in [-0.2, 0) is 6.42 Å². The summed E-state index contributed by atoms with van der Waals surface area (Å²) in [5.74, 6) is 0.505. The van der Waals surface area contributed by atoms with Gasteiger partial charge in [-0.2, -0.15) is 4.37 Å². The van der Waals surface area contributed by atoms with Gasteiger partial charge in [0.2, 0.25) is 0 Å². The van der Waals surface area contributed by atoms with E-state index in [0.29, 0.717) is 6.42 Å². The van der Waals surface area contributed by atoms with Gasteiger partial charge in [-0.1, -0.05) is 42.5 Å². The largest absolute Gasteiger partial charge is 0.219 e. The molecule has 0 spiro atoms. The van der Waals surface area contributed by atoms with Crippen molar-refractivity contribution >= 4 is 11.5 Å². The number of rotatable bonds is 3. The molecule has 3 rings (SSSR count). The molecule has 0 radical (unpaired) electrons. The summed E-state index contributed by atoms with van der Waals surface area (Å²) in [6.07, 6.45) is 0.557. The van der Waals surface area contributed by atoms with Crippen molar-refractivity contribution in [1.29, 1.82) is 0 Å². The maximum atomic E-state index is 13.1. The third-order valence-electron chi connectivity index (χ3n) is 2.74. The fraction of sp³-hybridized carbons (Fsp3) is 0.0667. The Bertz CT molecular complexity index is 679. The number of aromatic nitrogens is 2. The van der Waals surface area contributed by atoms with Crippen molar-refractivity contribution in [2.45, 2.75) is 6.42 Å². The molecule has 0 saturated heterocycles. The van der Waals surface area contributed by atoms with Crippen molar-refractivity contribution < 1.29 is 4.39 Å². The average Bonchev–Trinajstić information content (AvgIpc) is 2.88. The fourth-order valence-electron chi connectivity index (χ4n) is 1.85. The van der Waals surface area contributed by atoms with Gasteiger partial charge in [-0.05, 0) is 29.2 Å². The van der Waals surface area contributed by atoms with Gasteiger partial charge in [-0.3, -0.25) is 0 Å². The van der Waals surface area contributed by atoms with Gasteiger partial charge >= 0.3 is 0 Å². The van der Waals surface area contributed by atoms with Crippen LogP contribution in [0.15, 0.2) is 54.6 Å². The lowest BCUT2D eigenvalue weighted by Gasteiger charge is -1.97. The molecule has 0 bridgehead atoms. The van der Waals surface area contributed by atoms with Crippen molar-refractivity contribution in [2.75, 3.05) is 0 Å². The highest BCUT2D eigenvalue weighted by Crippen LogP contribution is 2.21. The third kappa shape index (κ3) is 2.85. The van der Waals surface area contributed by atoms with E-state index in [1.165, 1.54) is 23.7 Å². The molecule has 4 heteroatoms. The third-order valence-corrected chi connectivity index (χ3v) is 3.54. The molecule has 0 fully saturated rings. The van der Waals surface area contributed by atoms with Crippen LogP contribution in [0, 0.1) is 5.82 Å². The van der Waals surface area contributed by atoms with Gasteiger partial charge in [0.1, 0.15) is 16.6 Å². The van der Waals surface area contributed by atoms with Crippen LogP contribution < -0.4 is 0 Å². The Hall–Kier alpha value is -2.07. The Morgan fingerprint density at radius 3 is 2.63 bits per heavy atom. The molecule has 0 atom stereocenters. The summed E-state index contributed by atoms with van der Waals surface area (Å²) in [6.45, 7) is 0. The van der Waals surface area contributed by atoms with Crippen LogP contribution in [0.5, 0.6) is 0 Å². The number of benzene rings is 2. The predicted molar refractivity (Wildman–Crippen MR) is 74.6 cm³/mol. The first kappa shape index (κ1) is 12.0. The van der Waals surface area contributed by atoms with E-state index in [2.05, 4.69) is 9.36 Å². The number of hydrogen-bond donors (Lipinski definition) is 0. The molecule has 2 nitrogen and oxygen atoms in total. The summed E-state index contributed by atoms with van der Waals surface area (Å²) in [5.41, 5.74) is 1.95. The predicted octanol–water partition coefficient (Wildman–Crippen LogP) is 3.94. The molecular weight excluding hydrogens is 259 g/mol. The summed E-state index contributed by atoms with van der Waals surface area (Å²) in [5, 5.41) is 0.895. The van der Waals surface area contributed by atoms with Gasteiger partial charge in [0.15, 0.2) is 0 Å². The van der Waals surface area contributed by atoms with E-state index in [1.54, 1.807) is 6.07 Å². The molecule has 0 unspecified atom stereocenters. The zero-order chi connectivity index (χ0) is 13.1. The van der Waals surface area contributed by atoms with Crippen LogP contribution in [0.4, 0.5) is 4.39 Å². The highest BCUT2D eigenvalue weighted by atomic mass is 32.1. The van der Waals surface area contributed by atoms with Crippen LogP contribution >= 0.6 is 11.5 Å². The van der Waals surface area contributed by atoms with Gasteiger partial charge in [-0.25, -0.2) is 9.37 Å². The van der Waals surface area contributed by atoms with Crippen LogP contribution in [0.25, 0.3) is 10.6 Å². The first-order valence-electron chi connectivity index (χ1n) is 5.94. The van der Waals surface area contributed by atoms with Crippen molar-refractivity contribution in [2.24, 2.45) is 0 Å². The van der Waals surface area contributed by atoms with Crippen LogP contribution in [-0.4, -0.2) is 9.36 Å². The Kier molecular flexibility index (Phi) is 3.33. The normalized spacial score (nSPS) is 10.6. The molecule has 0 amide bonds. The summed E-state index contributed by atoms with van der Waals surface area (Å²) >= 11 is 1.37. The molecule has 3 aromatic rings. The Labute approximate surface area is 114 Å². The van der Waals surface area contributed by atoms with E-state index in [-0.39, 0.29) is 5.82 Å². The lowest BCUT2D eigenvalue weighted by molar-refractivity contribution is 0.626. The van der Waals surface area contributed by atoms with Gasteiger partial charge in [0.25, 0.3) is 0 Å². The average molecular weight is 270 g/mol. The van der Waals surface area contributed by atoms with Crippen molar-refractivity contribution in [1.82, 2.24) is 9.36 Å². The van der Waals surface area contributed by atoms with Crippen molar-refractivity contribution in [3.8, 4) is 10.6 Å². The molecular formula is C15H11FN2S. The fourth-order valence-corrected chi connectivity index (χ4v) is 2.54. The SMILES string of the molecule is Fc1cccc(Cc2nsc(-c3ccccc3)n2)c1. The zero-order valence-corrected chi connectivity index (χ0v) is 10.9. The Morgan fingerprint density at radius 1 is 1.00 bits per heavy atom. The second-order valence-electron chi connectivity index (χ2n) is 4.19. The second-order valence-corrected chi connectivity index (χ2v) is 4.94. The maximum absolute atomic E-state index is 13.1.